The fourth-order valence-corrected chi connectivity index (χ4v) is 3.33. The lowest BCUT2D eigenvalue weighted by Crippen LogP contribution is -2.64. The molecule has 0 saturated carbocycles. The van der Waals surface area contributed by atoms with Crippen LogP contribution in [-0.2, 0) is 33.3 Å². The number of carbonyl (C=O) groups is 2. The summed E-state index contributed by atoms with van der Waals surface area (Å²) in [5.41, 5.74) is -0.111. The molecule has 13 heteroatoms. The maximum atomic E-state index is 12.1. The first kappa shape index (κ1) is 27.3. The van der Waals surface area contributed by atoms with Gasteiger partial charge in [-0.1, -0.05) is 13.2 Å². The van der Waals surface area contributed by atoms with Crippen molar-refractivity contribution in [2.75, 3.05) is 19.8 Å². The van der Waals surface area contributed by atoms with E-state index in [-0.39, 0.29) is 11.1 Å². The first-order valence-electron chi connectivity index (χ1n) is 10.0. The fraction of sp³-hybridized carbons (Fsp3) is 0.700. The van der Waals surface area contributed by atoms with Crippen LogP contribution in [0.4, 0.5) is 0 Å². The van der Waals surface area contributed by atoms with Gasteiger partial charge in [-0.05, 0) is 13.8 Å². The second kappa shape index (κ2) is 11.0. The first-order valence-corrected chi connectivity index (χ1v) is 10.0. The van der Waals surface area contributed by atoms with Crippen molar-refractivity contribution in [3.05, 3.63) is 24.3 Å². The Balaban J connectivity index is 2.43. The number of carbonyl (C=O) groups excluding carboxylic acids is 2. The maximum absolute atomic E-state index is 12.1. The highest BCUT2D eigenvalue weighted by molar-refractivity contribution is 5.87. The van der Waals surface area contributed by atoms with Crippen LogP contribution in [0.5, 0.6) is 0 Å². The van der Waals surface area contributed by atoms with Gasteiger partial charge >= 0.3 is 11.9 Å². The minimum Gasteiger partial charge on any atom is -0.451 e. The predicted octanol–water partition coefficient (Wildman–Crippen LogP) is -3.14. The molecule has 2 aliphatic rings. The van der Waals surface area contributed by atoms with Crippen LogP contribution in [0.25, 0.3) is 0 Å². The summed E-state index contributed by atoms with van der Waals surface area (Å²) in [6.45, 7) is 6.90. The van der Waals surface area contributed by atoms with Crippen LogP contribution in [0.3, 0.4) is 0 Å². The Bertz CT molecular complexity index is 754. The Morgan fingerprint density at radius 1 is 0.879 bits per heavy atom. The van der Waals surface area contributed by atoms with E-state index in [2.05, 4.69) is 13.2 Å². The van der Waals surface area contributed by atoms with Crippen molar-refractivity contribution in [2.45, 2.75) is 68.7 Å². The van der Waals surface area contributed by atoms with Crippen LogP contribution in [0, 0.1) is 0 Å². The molecule has 0 amide bonds. The van der Waals surface area contributed by atoms with Gasteiger partial charge in [-0.15, -0.1) is 0 Å². The quantitative estimate of drug-likeness (QED) is 0.143. The summed E-state index contributed by atoms with van der Waals surface area (Å²) >= 11 is 0. The molecule has 0 unspecified atom stereocenters. The number of esters is 2. The molecular formula is C20H30O13. The monoisotopic (exact) mass is 478 g/mol. The molecule has 0 aromatic rings. The summed E-state index contributed by atoms with van der Waals surface area (Å²) in [5, 5.41) is 60.3. The molecule has 33 heavy (non-hydrogen) atoms. The van der Waals surface area contributed by atoms with Crippen molar-refractivity contribution in [1.82, 2.24) is 0 Å². The summed E-state index contributed by atoms with van der Waals surface area (Å²) in [6, 6.07) is 0. The Labute approximate surface area is 189 Å². The second-order valence-corrected chi connectivity index (χ2v) is 7.88. The van der Waals surface area contributed by atoms with E-state index in [0.717, 1.165) is 0 Å². The highest BCUT2D eigenvalue weighted by atomic mass is 16.8. The largest absolute Gasteiger partial charge is 0.451 e. The van der Waals surface area contributed by atoms with Crippen molar-refractivity contribution < 1.29 is 63.9 Å². The van der Waals surface area contributed by atoms with Crippen molar-refractivity contribution in [3.63, 3.8) is 0 Å². The summed E-state index contributed by atoms with van der Waals surface area (Å²) in [6.07, 6.45) is -13.2. The molecule has 0 bridgehead atoms. The summed E-state index contributed by atoms with van der Waals surface area (Å²) in [5.74, 6) is -4.31. The first-order chi connectivity index (χ1) is 15.4. The molecule has 9 atom stereocenters. The van der Waals surface area contributed by atoms with Gasteiger partial charge in [-0.3, -0.25) is 0 Å². The summed E-state index contributed by atoms with van der Waals surface area (Å²) < 4.78 is 26.9. The average molecular weight is 478 g/mol. The molecule has 13 nitrogen and oxygen atoms in total. The number of hydrogen-bond acceptors (Lipinski definition) is 13. The molecule has 2 rings (SSSR count). The van der Waals surface area contributed by atoms with Gasteiger partial charge in [0.05, 0.1) is 13.2 Å². The van der Waals surface area contributed by atoms with Crippen molar-refractivity contribution in [1.29, 1.82) is 0 Å². The zero-order valence-corrected chi connectivity index (χ0v) is 18.2. The zero-order chi connectivity index (χ0) is 25.1. The predicted molar refractivity (Wildman–Crippen MR) is 106 cm³/mol. The van der Waals surface area contributed by atoms with Crippen LogP contribution in [-0.4, -0.2) is 117 Å². The van der Waals surface area contributed by atoms with Gasteiger partial charge in [-0.25, -0.2) is 9.59 Å². The molecule has 2 saturated heterocycles. The Hall–Kier alpha value is -1.94. The molecular weight excluding hydrogens is 448 g/mol. The van der Waals surface area contributed by atoms with E-state index < -0.39 is 86.6 Å². The molecule has 0 spiro atoms. The van der Waals surface area contributed by atoms with Gasteiger partial charge in [0.1, 0.15) is 37.1 Å². The van der Waals surface area contributed by atoms with Crippen molar-refractivity contribution in [3.8, 4) is 0 Å². The third-order valence-electron chi connectivity index (χ3n) is 5.19. The standard InChI is InChI=1S/C20H30O13/c1-8(2)17(27)30-15-14(26)12(24)10(5-21)29-19(15)33-20(7-23)16(31-18(28)9(3)4)13(25)11(6-22)32-20/h10-16,19,21-26H,1,3,5-7H2,2,4H3/t10-,11-,12-,13-,14+,15-,16+,19-,20+/m1/s1. The Morgan fingerprint density at radius 2 is 1.42 bits per heavy atom. The minimum absolute atomic E-state index is 0.0532. The third kappa shape index (κ3) is 5.59. The van der Waals surface area contributed by atoms with E-state index >= 15 is 0 Å². The number of hydrogen-bond donors (Lipinski definition) is 6. The average Bonchev–Trinajstić information content (AvgIpc) is 3.04. The van der Waals surface area contributed by atoms with E-state index in [1.807, 2.05) is 0 Å². The molecule has 188 valence electrons. The lowest BCUT2D eigenvalue weighted by molar-refractivity contribution is -0.383. The Morgan fingerprint density at radius 3 is 1.91 bits per heavy atom. The molecule has 6 N–H and O–H groups in total. The Kier molecular flexibility index (Phi) is 9.09. The van der Waals surface area contributed by atoms with Crippen LogP contribution >= 0.6 is 0 Å². The van der Waals surface area contributed by atoms with Crippen molar-refractivity contribution >= 4 is 11.9 Å². The van der Waals surface area contributed by atoms with E-state index in [1.165, 1.54) is 13.8 Å². The second-order valence-electron chi connectivity index (χ2n) is 7.88. The van der Waals surface area contributed by atoms with Gasteiger partial charge in [0.15, 0.2) is 12.2 Å². The van der Waals surface area contributed by atoms with E-state index in [4.69, 9.17) is 23.7 Å². The van der Waals surface area contributed by atoms with Crippen LogP contribution in [0.15, 0.2) is 24.3 Å². The maximum Gasteiger partial charge on any atom is 0.333 e. The normalized spacial score (nSPS) is 38.5. The van der Waals surface area contributed by atoms with Crippen molar-refractivity contribution in [2.24, 2.45) is 0 Å². The van der Waals surface area contributed by atoms with Gasteiger partial charge < -0.3 is 54.3 Å². The molecule has 2 aliphatic heterocycles. The van der Waals surface area contributed by atoms with E-state index in [9.17, 15) is 40.2 Å². The topological polar surface area (TPSA) is 202 Å². The van der Waals surface area contributed by atoms with Crippen LogP contribution < -0.4 is 0 Å². The lowest BCUT2D eigenvalue weighted by atomic mass is 9.98. The highest BCUT2D eigenvalue weighted by Gasteiger charge is 2.61. The van der Waals surface area contributed by atoms with E-state index in [0.29, 0.717) is 0 Å². The smallest absolute Gasteiger partial charge is 0.333 e. The number of aliphatic hydroxyl groups is 6. The summed E-state index contributed by atoms with van der Waals surface area (Å²) in [7, 11) is 0. The number of aliphatic hydroxyl groups excluding tert-OH is 6. The van der Waals surface area contributed by atoms with Gasteiger partial charge in [-0.2, -0.15) is 0 Å². The summed E-state index contributed by atoms with van der Waals surface area (Å²) in [4.78, 5) is 24.2. The van der Waals surface area contributed by atoms with E-state index in [1.54, 1.807) is 0 Å². The van der Waals surface area contributed by atoms with Gasteiger partial charge in [0, 0.05) is 11.1 Å². The molecule has 2 fully saturated rings. The zero-order valence-electron chi connectivity index (χ0n) is 18.2. The van der Waals surface area contributed by atoms with Gasteiger partial charge in [0.2, 0.25) is 12.1 Å². The van der Waals surface area contributed by atoms with Gasteiger partial charge in [0.25, 0.3) is 0 Å². The van der Waals surface area contributed by atoms with Crippen LogP contribution in [0.1, 0.15) is 13.8 Å². The highest BCUT2D eigenvalue weighted by Crippen LogP contribution is 2.38. The molecule has 0 aliphatic carbocycles. The van der Waals surface area contributed by atoms with Crippen LogP contribution in [0.2, 0.25) is 0 Å². The minimum atomic E-state index is -2.36. The third-order valence-corrected chi connectivity index (χ3v) is 5.19. The molecule has 0 aromatic carbocycles. The number of ether oxygens (including phenoxy) is 5. The number of rotatable bonds is 9. The molecule has 2 heterocycles. The molecule has 0 aromatic heterocycles. The SMILES string of the molecule is C=C(C)C(=O)O[C@H]1[C@@H](O[C@]2(CO)O[C@H](CO)[C@@H](O)[C@@H]2OC(=O)C(=C)C)O[C@H](CO)[C@@H](O)[C@@H]1O. The lowest BCUT2D eigenvalue weighted by Gasteiger charge is -2.44. The molecule has 0 radical (unpaired) electrons. The fourth-order valence-electron chi connectivity index (χ4n) is 3.33.